The first-order valence-electron chi connectivity index (χ1n) is 7.98. The first-order valence-corrected chi connectivity index (χ1v) is 7.98. The van der Waals surface area contributed by atoms with Crippen LogP contribution in [0.4, 0.5) is 0 Å². The average molecular weight is 293 g/mol. The molecule has 0 aromatic heterocycles. The summed E-state index contributed by atoms with van der Waals surface area (Å²) in [6, 6.07) is 6.62. The summed E-state index contributed by atoms with van der Waals surface area (Å²) in [5.74, 6) is 0.846. The van der Waals surface area contributed by atoms with Crippen molar-refractivity contribution >= 4 is 11.5 Å². The predicted molar refractivity (Wildman–Crippen MR) is 91.3 cm³/mol. The number of benzene rings is 1. The molecule has 1 fully saturated rings. The molecule has 1 N–H and O–H groups in total. The smallest absolute Gasteiger partial charge is 0.228 e. The Morgan fingerprint density at radius 1 is 1.36 bits per heavy atom. The van der Waals surface area contributed by atoms with E-state index in [4.69, 9.17) is 0 Å². The monoisotopic (exact) mass is 293 g/mol. The molecule has 2 unspecified atom stereocenters. The third kappa shape index (κ3) is 2.54. The number of nitrogens with one attached hydrogen (secondary N) is 1. The number of allylic oxidation sites excluding steroid dienone is 4. The molecule has 1 aliphatic heterocycles. The van der Waals surface area contributed by atoms with Crippen molar-refractivity contribution in [1.29, 1.82) is 0 Å². The average Bonchev–Trinajstić information content (AvgIpc) is 2.84. The van der Waals surface area contributed by atoms with Crippen LogP contribution in [0.5, 0.6) is 0 Å². The number of amides is 1. The molecule has 0 saturated carbocycles. The molecule has 1 aromatic carbocycles. The Hall–Kier alpha value is -2.09. The molecule has 2 aliphatic rings. The Bertz CT molecular complexity index is 708. The number of carbonyl (C=O) groups is 1. The van der Waals surface area contributed by atoms with Crippen LogP contribution in [0.1, 0.15) is 49.3 Å². The SMILES string of the molecule is C=C(C)c1cc(C)ccc1C1C=C2CC(=O)NC2=CC1CC. The highest BCUT2D eigenvalue weighted by Gasteiger charge is 2.31. The van der Waals surface area contributed by atoms with Crippen LogP contribution >= 0.6 is 0 Å². The van der Waals surface area contributed by atoms with Crippen molar-refractivity contribution in [3.63, 3.8) is 0 Å². The van der Waals surface area contributed by atoms with Crippen molar-refractivity contribution in [3.8, 4) is 0 Å². The van der Waals surface area contributed by atoms with Crippen LogP contribution in [-0.4, -0.2) is 5.91 Å². The molecular formula is C20H23NO. The van der Waals surface area contributed by atoms with Gasteiger partial charge in [0.05, 0.1) is 6.42 Å². The molecule has 2 atom stereocenters. The molecule has 3 rings (SSSR count). The van der Waals surface area contributed by atoms with Gasteiger partial charge in [-0.15, -0.1) is 0 Å². The fourth-order valence-electron chi connectivity index (χ4n) is 3.52. The maximum absolute atomic E-state index is 11.7. The van der Waals surface area contributed by atoms with E-state index >= 15 is 0 Å². The zero-order chi connectivity index (χ0) is 15.9. The summed E-state index contributed by atoms with van der Waals surface area (Å²) in [6.07, 6.45) is 6.09. The van der Waals surface area contributed by atoms with Crippen LogP contribution in [0.25, 0.3) is 5.57 Å². The summed E-state index contributed by atoms with van der Waals surface area (Å²) < 4.78 is 0. The third-order valence-corrected chi connectivity index (χ3v) is 4.69. The van der Waals surface area contributed by atoms with Crippen molar-refractivity contribution in [2.75, 3.05) is 0 Å². The van der Waals surface area contributed by atoms with Gasteiger partial charge in [0, 0.05) is 11.6 Å². The topological polar surface area (TPSA) is 29.1 Å². The van der Waals surface area contributed by atoms with Gasteiger partial charge in [0.25, 0.3) is 0 Å². The Morgan fingerprint density at radius 2 is 2.14 bits per heavy atom. The molecule has 1 aromatic rings. The van der Waals surface area contributed by atoms with E-state index < -0.39 is 0 Å². The molecule has 0 radical (unpaired) electrons. The Balaban J connectivity index is 2.08. The highest BCUT2D eigenvalue weighted by molar-refractivity contribution is 5.87. The Kier molecular flexibility index (Phi) is 3.78. The van der Waals surface area contributed by atoms with Crippen molar-refractivity contribution in [2.24, 2.45) is 5.92 Å². The van der Waals surface area contributed by atoms with E-state index in [1.54, 1.807) is 0 Å². The number of rotatable bonds is 3. The lowest BCUT2D eigenvalue weighted by molar-refractivity contribution is -0.118. The molecule has 1 heterocycles. The van der Waals surface area contributed by atoms with Crippen LogP contribution in [0, 0.1) is 12.8 Å². The summed E-state index contributed by atoms with van der Waals surface area (Å²) >= 11 is 0. The molecule has 22 heavy (non-hydrogen) atoms. The van der Waals surface area contributed by atoms with Gasteiger partial charge in [0.1, 0.15) is 0 Å². The van der Waals surface area contributed by atoms with Gasteiger partial charge in [0.2, 0.25) is 5.91 Å². The van der Waals surface area contributed by atoms with Gasteiger partial charge in [0.15, 0.2) is 0 Å². The maximum Gasteiger partial charge on any atom is 0.228 e. The molecule has 1 aliphatic carbocycles. The van der Waals surface area contributed by atoms with Crippen LogP contribution in [0.2, 0.25) is 0 Å². The minimum atomic E-state index is 0.108. The summed E-state index contributed by atoms with van der Waals surface area (Å²) in [7, 11) is 0. The lowest BCUT2D eigenvalue weighted by Crippen LogP contribution is -2.18. The third-order valence-electron chi connectivity index (χ3n) is 4.69. The van der Waals surface area contributed by atoms with Crippen molar-refractivity contribution in [3.05, 3.63) is 64.9 Å². The summed E-state index contributed by atoms with van der Waals surface area (Å²) in [5, 5.41) is 2.97. The van der Waals surface area contributed by atoms with Crippen LogP contribution in [0.3, 0.4) is 0 Å². The molecule has 2 nitrogen and oxygen atoms in total. The lowest BCUT2D eigenvalue weighted by atomic mass is 9.76. The zero-order valence-corrected chi connectivity index (χ0v) is 13.6. The fourth-order valence-corrected chi connectivity index (χ4v) is 3.52. The Labute approximate surface area is 132 Å². The molecular weight excluding hydrogens is 270 g/mol. The fraction of sp³-hybridized carbons (Fsp3) is 0.350. The van der Waals surface area contributed by atoms with Gasteiger partial charge in [-0.05, 0) is 42.9 Å². The second-order valence-corrected chi connectivity index (χ2v) is 6.47. The second-order valence-electron chi connectivity index (χ2n) is 6.47. The number of fused-ring (bicyclic) bond motifs is 1. The molecule has 0 spiro atoms. The molecule has 0 bridgehead atoms. The van der Waals surface area contributed by atoms with Gasteiger partial charge in [-0.1, -0.05) is 55.0 Å². The van der Waals surface area contributed by atoms with E-state index in [2.05, 4.69) is 63.0 Å². The number of hydrogen-bond acceptors (Lipinski definition) is 1. The summed E-state index contributed by atoms with van der Waals surface area (Å²) in [6.45, 7) is 10.5. The van der Waals surface area contributed by atoms with Crippen molar-refractivity contribution in [2.45, 2.75) is 39.5 Å². The first kappa shape index (κ1) is 14.8. The van der Waals surface area contributed by atoms with Crippen LogP contribution in [0.15, 0.2) is 48.2 Å². The van der Waals surface area contributed by atoms with Crippen LogP contribution < -0.4 is 5.32 Å². The van der Waals surface area contributed by atoms with Gasteiger partial charge < -0.3 is 5.32 Å². The highest BCUT2D eigenvalue weighted by Crippen LogP contribution is 2.41. The first-order chi connectivity index (χ1) is 10.5. The molecule has 1 saturated heterocycles. The largest absolute Gasteiger partial charge is 0.326 e. The van der Waals surface area contributed by atoms with E-state index in [0.717, 1.165) is 23.3 Å². The van der Waals surface area contributed by atoms with Crippen LogP contribution in [-0.2, 0) is 4.79 Å². The maximum atomic E-state index is 11.7. The van der Waals surface area contributed by atoms with Gasteiger partial charge in [-0.3, -0.25) is 4.79 Å². The van der Waals surface area contributed by atoms with Crippen molar-refractivity contribution < 1.29 is 4.79 Å². The van der Waals surface area contributed by atoms with Gasteiger partial charge >= 0.3 is 0 Å². The molecule has 114 valence electrons. The van der Waals surface area contributed by atoms with Gasteiger partial charge in [-0.25, -0.2) is 0 Å². The second kappa shape index (κ2) is 5.60. The summed E-state index contributed by atoms with van der Waals surface area (Å²) in [5.41, 5.74) is 7.10. The van der Waals surface area contributed by atoms with E-state index in [0.29, 0.717) is 18.3 Å². The molecule has 2 heteroatoms. The standard InChI is InChI=1S/C20H23NO/c1-5-14-10-19-15(11-20(22)21-19)9-18(14)16-7-6-13(4)8-17(16)12(2)3/h6-10,14,18H,2,5,11H2,1,3-4H3,(H,21,22). The molecule has 1 amide bonds. The summed E-state index contributed by atoms with van der Waals surface area (Å²) in [4.78, 5) is 11.7. The quantitative estimate of drug-likeness (QED) is 0.874. The minimum Gasteiger partial charge on any atom is -0.326 e. The minimum absolute atomic E-state index is 0.108. The van der Waals surface area contributed by atoms with E-state index in [1.165, 1.54) is 16.7 Å². The number of hydrogen-bond donors (Lipinski definition) is 1. The Morgan fingerprint density at radius 3 is 2.82 bits per heavy atom. The van der Waals surface area contributed by atoms with E-state index in [9.17, 15) is 4.79 Å². The number of carbonyl (C=O) groups excluding carboxylic acids is 1. The number of aryl methyl sites for hydroxylation is 1. The van der Waals surface area contributed by atoms with Gasteiger partial charge in [-0.2, -0.15) is 0 Å². The van der Waals surface area contributed by atoms with Crippen molar-refractivity contribution in [1.82, 2.24) is 5.32 Å². The van der Waals surface area contributed by atoms with E-state index in [-0.39, 0.29) is 5.91 Å². The normalized spacial score (nSPS) is 23.5. The highest BCUT2D eigenvalue weighted by atomic mass is 16.1. The zero-order valence-electron chi connectivity index (χ0n) is 13.6. The predicted octanol–water partition coefficient (Wildman–Crippen LogP) is 4.48. The lowest BCUT2D eigenvalue weighted by Gasteiger charge is -2.28. The van der Waals surface area contributed by atoms with E-state index in [1.807, 2.05) is 0 Å².